The van der Waals surface area contributed by atoms with Crippen LogP contribution >= 0.6 is 0 Å². The van der Waals surface area contributed by atoms with Crippen molar-refractivity contribution in [1.29, 1.82) is 0 Å². The van der Waals surface area contributed by atoms with Crippen LogP contribution in [0.3, 0.4) is 0 Å². The van der Waals surface area contributed by atoms with Crippen molar-refractivity contribution in [3.63, 3.8) is 0 Å². The molecule has 2 N–H and O–H groups in total. The third-order valence-corrected chi connectivity index (χ3v) is 5.50. The Kier molecular flexibility index (Phi) is 7.69. The summed E-state index contributed by atoms with van der Waals surface area (Å²) < 4.78 is 5.12. The first-order valence-corrected chi connectivity index (χ1v) is 10.6. The van der Waals surface area contributed by atoms with Gasteiger partial charge in [0.15, 0.2) is 5.82 Å². The smallest absolute Gasteiger partial charge is 0.274 e. The Balaban J connectivity index is 1.68. The zero-order valence-corrected chi connectivity index (χ0v) is 17.7. The van der Waals surface area contributed by atoms with E-state index in [2.05, 4.69) is 10.6 Å². The van der Waals surface area contributed by atoms with Gasteiger partial charge in [0.05, 0.1) is 18.6 Å². The van der Waals surface area contributed by atoms with E-state index in [1.165, 1.54) is 0 Å². The van der Waals surface area contributed by atoms with Crippen molar-refractivity contribution in [3.05, 3.63) is 46.4 Å². The van der Waals surface area contributed by atoms with E-state index < -0.39 is 11.0 Å². The summed E-state index contributed by atoms with van der Waals surface area (Å²) in [7, 11) is 1.56. The van der Waals surface area contributed by atoms with Gasteiger partial charge in [-0.1, -0.05) is 0 Å². The molecule has 3 rings (SSSR count). The highest BCUT2D eigenvalue weighted by molar-refractivity contribution is 5.88. The molecule has 2 heterocycles. The number of hydrogen-bond acceptors (Lipinski definition) is 7. The Hall–Kier alpha value is -3.30. The molecule has 0 aliphatic carbocycles. The summed E-state index contributed by atoms with van der Waals surface area (Å²) in [6.45, 7) is 2.04. The zero-order chi connectivity index (χ0) is 22.2. The van der Waals surface area contributed by atoms with E-state index in [1.54, 1.807) is 41.2 Å². The summed E-state index contributed by atoms with van der Waals surface area (Å²) in [6, 6.07) is 6.27. The summed E-state index contributed by atoms with van der Waals surface area (Å²) in [5, 5.41) is 17.1. The van der Waals surface area contributed by atoms with Gasteiger partial charge < -0.3 is 25.2 Å². The SMILES string of the molecule is COc1ccc(NC(=C[N+](=O)[O-])NC2CCCCN(CC(=O)N3CCCC3)C2=O)cc1. The number of carbonyl (C=O) groups excluding carboxylic acids is 2. The molecule has 168 valence electrons. The lowest BCUT2D eigenvalue weighted by Crippen LogP contribution is -2.49. The first-order chi connectivity index (χ1) is 15.0. The van der Waals surface area contributed by atoms with Crippen LogP contribution in [0.4, 0.5) is 5.69 Å². The second-order valence-corrected chi connectivity index (χ2v) is 7.72. The lowest BCUT2D eigenvalue weighted by Gasteiger charge is -2.27. The van der Waals surface area contributed by atoms with Crippen LogP contribution in [0, 0.1) is 10.1 Å². The molecule has 1 aromatic carbocycles. The number of nitrogens with one attached hydrogen (secondary N) is 2. The number of ether oxygens (including phenoxy) is 1. The number of carbonyl (C=O) groups is 2. The largest absolute Gasteiger partial charge is 0.497 e. The molecule has 10 heteroatoms. The third kappa shape index (κ3) is 6.34. The number of nitro groups is 1. The maximum atomic E-state index is 13.1. The van der Waals surface area contributed by atoms with E-state index in [4.69, 9.17) is 4.74 Å². The molecular formula is C21H29N5O5. The molecule has 1 unspecified atom stereocenters. The van der Waals surface area contributed by atoms with E-state index >= 15 is 0 Å². The molecule has 1 aromatic rings. The predicted molar refractivity (Wildman–Crippen MR) is 115 cm³/mol. The molecule has 10 nitrogen and oxygen atoms in total. The van der Waals surface area contributed by atoms with Crippen LogP contribution in [0.5, 0.6) is 5.75 Å². The number of benzene rings is 1. The number of nitrogens with zero attached hydrogens (tertiary/aromatic N) is 3. The lowest BCUT2D eigenvalue weighted by molar-refractivity contribution is -0.403. The van der Waals surface area contributed by atoms with Crippen LogP contribution in [0.2, 0.25) is 0 Å². The summed E-state index contributed by atoms with van der Waals surface area (Å²) >= 11 is 0. The van der Waals surface area contributed by atoms with Crippen molar-refractivity contribution in [1.82, 2.24) is 15.1 Å². The van der Waals surface area contributed by atoms with Gasteiger partial charge in [-0.25, -0.2) is 0 Å². The fourth-order valence-corrected chi connectivity index (χ4v) is 3.85. The summed E-state index contributed by atoms with van der Waals surface area (Å²) in [5.74, 6) is 0.525. The van der Waals surface area contributed by atoms with Crippen molar-refractivity contribution < 1.29 is 19.2 Å². The van der Waals surface area contributed by atoms with E-state index in [0.717, 1.165) is 45.0 Å². The Bertz CT molecular complexity index is 820. The van der Waals surface area contributed by atoms with Gasteiger partial charge in [-0.2, -0.15) is 0 Å². The number of hydrogen-bond donors (Lipinski definition) is 2. The second kappa shape index (κ2) is 10.6. The van der Waals surface area contributed by atoms with Crippen molar-refractivity contribution in [2.75, 3.05) is 38.6 Å². The minimum atomic E-state index is -0.647. The average Bonchev–Trinajstić information content (AvgIpc) is 3.24. The molecule has 2 amide bonds. The van der Waals surface area contributed by atoms with Gasteiger partial charge in [-0.15, -0.1) is 0 Å². The van der Waals surface area contributed by atoms with Crippen LogP contribution in [0.1, 0.15) is 32.1 Å². The molecule has 0 spiro atoms. The Morgan fingerprint density at radius 1 is 1.19 bits per heavy atom. The molecule has 0 radical (unpaired) electrons. The van der Waals surface area contributed by atoms with Crippen molar-refractivity contribution >= 4 is 17.5 Å². The molecule has 1 atom stereocenters. The second-order valence-electron chi connectivity index (χ2n) is 7.72. The third-order valence-electron chi connectivity index (χ3n) is 5.50. The van der Waals surface area contributed by atoms with Crippen LogP contribution in [-0.2, 0) is 9.59 Å². The zero-order valence-electron chi connectivity index (χ0n) is 17.7. The van der Waals surface area contributed by atoms with Crippen molar-refractivity contribution in [2.24, 2.45) is 0 Å². The van der Waals surface area contributed by atoms with E-state index in [9.17, 15) is 19.7 Å². The predicted octanol–water partition coefficient (Wildman–Crippen LogP) is 1.78. The fraction of sp³-hybridized carbons (Fsp3) is 0.524. The number of likely N-dealkylation sites (tertiary alicyclic amines) is 2. The molecule has 2 aliphatic heterocycles. The molecule has 0 bridgehead atoms. The number of methoxy groups -OCH3 is 1. The highest BCUT2D eigenvalue weighted by atomic mass is 16.6. The Morgan fingerprint density at radius 2 is 1.87 bits per heavy atom. The molecule has 31 heavy (non-hydrogen) atoms. The maximum Gasteiger partial charge on any atom is 0.274 e. The van der Waals surface area contributed by atoms with Crippen LogP contribution in [0.25, 0.3) is 0 Å². The minimum absolute atomic E-state index is 0.0380. The lowest BCUT2D eigenvalue weighted by atomic mass is 10.1. The van der Waals surface area contributed by atoms with Crippen LogP contribution in [-0.4, -0.2) is 65.9 Å². The quantitative estimate of drug-likeness (QED) is 0.476. The fourth-order valence-electron chi connectivity index (χ4n) is 3.85. The highest BCUT2D eigenvalue weighted by Gasteiger charge is 2.30. The Labute approximate surface area is 181 Å². The topological polar surface area (TPSA) is 117 Å². The monoisotopic (exact) mass is 431 g/mol. The molecule has 0 saturated carbocycles. The van der Waals surface area contributed by atoms with E-state index in [0.29, 0.717) is 24.4 Å². The molecule has 2 saturated heterocycles. The maximum absolute atomic E-state index is 13.1. The van der Waals surface area contributed by atoms with Gasteiger partial charge in [0.1, 0.15) is 11.8 Å². The molecule has 2 fully saturated rings. The summed E-state index contributed by atoms with van der Waals surface area (Å²) in [5.41, 5.74) is 0.614. The van der Waals surface area contributed by atoms with Gasteiger partial charge in [0.25, 0.3) is 6.20 Å². The first kappa shape index (κ1) is 22.4. The Morgan fingerprint density at radius 3 is 2.52 bits per heavy atom. The number of anilines is 1. The van der Waals surface area contributed by atoms with Gasteiger partial charge >= 0.3 is 0 Å². The van der Waals surface area contributed by atoms with E-state index in [-0.39, 0.29) is 24.2 Å². The van der Waals surface area contributed by atoms with E-state index in [1.807, 2.05) is 0 Å². The van der Waals surface area contributed by atoms with Crippen LogP contribution in [0.15, 0.2) is 36.3 Å². The standard InChI is InChI=1S/C21H29N5O5/c1-31-17-9-7-16(8-10-17)22-19(14-26(29)30)23-18-6-2-3-13-25(21(18)28)15-20(27)24-11-4-5-12-24/h7-10,14,18,22-23H,2-6,11-13,15H2,1H3. The minimum Gasteiger partial charge on any atom is -0.497 e. The van der Waals surface area contributed by atoms with Gasteiger partial charge in [0, 0.05) is 25.3 Å². The molecular weight excluding hydrogens is 402 g/mol. The molecule has 0 aromatic heterocycles. The van der Waals surface area contributed by atoms with Crippen molar-refractivity contribution in [3.8, 4) is 5.75 Å². The first-order valence-electron chi connectivity index (χ1n) is 10.6. The summed E-state index contributed by atoms with van der Waals surface area (Å²) in [4.78, 5) is 39.6. The number of rotatable bonds is 8. The molecule has 2 aliphatic rings. The average molecular weight is 431 g/mol. The number of amides is 2. The normalized spacial score (nSPS) is 19.7. The highest BCUT2D eigenvalue weighted by Crippen LogP contribution is 2.18. The van der Waals surface area contributed by atoms with Crippen molar-refractivity contribution in [2.45, 2.75) is 38.1 Å². The van der Waals surface area contributed by atoms with Gasteiger partial charge in [0.2, 0.25) is 11.8 Å². The van der Waals surface area contributed by atoms with Gasteiger partial charge in [-0.05, 0) is 56.4 Å². The summed E-state index contributed by atoms with van der Waals surface area (Å²) in [6.07, 6.45) is 4.91. The van der Waals surface area contributed by atoms with Gasteiger partial charge in [-0.3, -0.25) is 19.7 Å². The van der Waals surface area contributed by atoms with Crippen LogP contribution < -0.4 is 15.4 Å².